The molecule has 4 rings (SSSR count). The quantitative estimate of drug-likeness (QED) is 0.302. The number of carbonyl (C=O) groups excluding carboxylic acids is 1. The van der Waals surface area contributed by atoms with Crippen molar-refractivity contribution in [2.24, 2.45) is 0 Å². The number of ether oxygens (including phenoxy) is 1. The molecule has 34 heavy (non-hydrogen) atoms. The van der Waals surface area contributed by atoms with Gasteiger partial charge in [0.05, 0.1) is 43.2 Å². The highest BCUT2D eigenvalue weighted by molar-refractivity contribution is 7.80. The number of aryl methyl sites for hydroxylation is 2. The standard InChI is InChI=1S/C26H25N3O4S/c1-16-11-17(2)23-18(12-16)13-19(24(30)28-23)14-29(15-20-7-6-10-33-20)26(34)27-22-9-5-4-8-21(22)25(31)32-3/h4-13H,14-15H2,1-3H3,(H,27,34)(H,28,30). The number of nitrogens with zero attached hydrogens (tertiary/aromatic N) is 1. The van der Waals surface area contributed by atoms with Gasteiger partial charge in [0, 0.05) is 5.56 Å². The number of methoxy groups -OCH3 is 1. The Bertz CT molecular complexity index is 1410. The Kier molecular flexibility index (Phi) is 6.79. The van der Waals surface area contributed by atoms with E-state index >= 15 is 0 Å². The second-order valence-corrected chi connectivity index (χ2v) is 8.46. The lowest BCUT2D eigenvalue weighted by atomic mass is 10.1. The van der Waals surface area contributed by atoms with Crippen LogP contribution in [0.3, 0.4) is 0 Å². The molecule has 0 saturated carbocycles. The van der Waals surface area contributed by atoms with Crippen molar-refractivity contribution in [1.29, 1.82) is 0 Å². The zero-order valence-electron chi connectivity index (χ0n) is 19.2. The lowest BCUT2D eigenvalue weighted by Crippen LogP contribution is -2.35. The van der Waals surface area contributed by atoms with Crippen LogP contribution in [0.1, 0.15) is 32.8 Å². The highest BCUT2D eigenvalue weighted by Gasteiger charge is 2.18. The van der Waals surface area contributed by atoms with Crippen molar-refractivity contribution in [3.63, 3.8) is 0 Å². The Morgan fingerprint density at radius 3 is 2.65 bits per heavy atom. The molecule has 0 aliphatic carbocycles. The number of benzene rings is 2. The molecule has 0 atom stereocenters. The maximum atomic E-state index is 12.9. The normalized spacial score (nSPS) is 10.8. The van der Waals surface area contributed by atoms with Crippen molar-refractivity contribution in [2.45, 2.75) is 26.9 Å². The predicted molar refractivity (Wildman–Crippen MR) is 136 cm³/mol. The number of carbonyl (C=O) groups is 1. The summed E-state index contributed by atoms with van der Waals surface area (Å²) in [5.41, 5.74) is 4.22. The molecule has 0 radical (unpaired) electrons. The maximum absolute atomic E-state index is 12.9. The largest absolute Gasteiger partial charge is 0.467 e. The maximum Gasteiger partial charge on any atom is 0.339 e. The molecule has 2 aromatic carbocycles. The van der Waals surface area contributed by atoms with Crippen LogP contribution < -0.4 is 10.9 Å². The molecule has 4 aromatic rings. The number of fused-ring (bicyclic) bond motifs is 1. The van der Waals surface area contributed by atoms with Gasteiger partial charge in [0.15, 0.2) is 5.11 Å². The smallest absolute Gasteiger partial charge is 0.339 e. The van der Waals surface area contributed by atoms with Crippen LogP contribution in [0.4, 0.5) is 5.69 Å². The van der Waals surface area contributed by atoms with Gasteiger partial charge in [0.1, 0.15) is 5.76 Å². The Balaban J connectivity index is 1.68. The fourth-order valence-electron chi connectivity index (χ4n) is 3.92. The molecule has 7 nitrogen and oxygen atoms in total. The van der Waals surface area contributed by atoms with E-state index in [2.05, 4.69) is 10.3 Å². The van der Waals surface area contributed by atoms with Gasteiger partial charge in [-0.3, -0.25) is 4.79 Å². The summed E-state index contributed by atoms with van der Waals surface area (Å²) in [4.78, 5) is 29.9. The Hall–Kier alpha value is -3.91. The zero-order chi connectivity index (χ0) is 24.2. The summed E-state index contributed by atoms with van der Waals surface area (Å²) < 4.78 is 10.4. The van der Waals surface area contributed by atoms with Gasteiger partial charge in [0.2, 0.25) is 0 Å². The number of nitrogens with one attached hydrogen (secondary N) is 2. The fraction of sp³-hybridized carbons (Fsp3) is 0.192. The third-order valence-electron chi connectivity index (χ3n) is 5.52. The van der Waals surface area contributed by atoms with Crippen LogP contribution in [0.5, 0.6) is 0 Å². The summed E-state index contributed by atoms with van der Waals surface area (Å²) in [6.07, 6.45) is 1.59. The van der Waals surface area contributed by atoms with Crippen LogP contribution in [0, 0.1) is 13.8 Å². The summed E-state index contributed by atoms with van der Waals surface area (Å²) in [5, 5.41) is 4.43. The zero-order valence-corrected chi connectivity index (χ0v) is 20.0. The number of hydrogen-bond acceptors (Lipinski definition) is 5. The second kappa shape index (κ2) is 9.93. The number of thiocarbonyl (C=S) groups is 1. The van der Waals surface area contributed by atoms with Gasteiger partial charge < -0.3 is 24.4 Å². The van der Waals surface area contributed by atoms with Gasteiger partial charge in [0.25, 0.3) is 5.56 Å². The van der Waals surface area contributed by atoms with E-state index in [1.165, 1.54) is 7.11 Å². The molecule has 2 aromatic heterocycles. The van der Waals surface area contributed by atoms with Crippen molar-refractivity contribution in [3.05, 3.63) is 99.2 Å². The number of aromatic nitrogens is 1. The number of aromatic amines is 1. The van der Waals surface area contributed by atoms with Gasteiger partial charge in [-0.1, -0.05) is 23.8 Å². The average molecular weight is 476 g/mol. The van der Waals surface area contributed by atoms with E-state index < -0.39 is 5.97 Å². The first-order valence-corrected chi connectivity index (χ1v) is 11.2. The number of para-hydroxylation sites is 1. The molecular formula is C26H25N3O4S. The van der Waals surface area contributed by atoms with E-state index in [1.54, 1.807) is 36.6 Å². The summed E-state index contributed by atoms with van der Waals surface area (Å²) in [5.74, 6) is 0.217. The average Bonchev–Trinajstić information content (AvgIpc) is 3.32. The number of anilines is 1. The Morgan fingerprint density at radius 2 is 1.91 bits per heavy atom. The molecule has 0 bridgehead atoms. The minimum atomic E-state index is -0.472. The number of furan rings is 1. The van der Waals surface area contributed by atoms with Crippen molar-refractivity contribution < 1.29 is 13.9 Å². The summed E-state index contributed by atoms with van der Waals surface area (Å²) in [7, 11) is 1.33. The van der Waals surface area contributed by atoms with E-state index in [0.717, 1.165) is 22.0 Å². The molecule has 2 heterocycles. The third kappa shape index (κ3) is 5.02. The molecule has 0 saturated heterocycles. The summed E-state index contributed by atoms with van der Waals surface area (Å²) in [6, 6.07) is 16.6. The fourth-order valence-corrected chi connectivity index (χ4v) is 4.16. The molecule has 0 fully saturated rings. The minimum absolute atomic E-state index is 0.179. The highest BCUT2D eigenvalue weighted by Crippen LogP contribution is 2.21. The van der Waals surface area contributed by atoms with Gasteiger partial charge >= 0.3 is 5.97 Å². The van der Waals surface area contributed by atoms with Crippen LogP contribution in [0.25, 0.3) is 10.9 Å². The van der Waals surface area contributed by atoms with Gasteiger partial charge in [-0.25, -0.2) is 4.79 Å². The first-order valence-electron chi connectivity index (χ1n) is 10.7. The lowest BCUT2D eigenvalue weighted by molar-refractivity contribution is 0.0602. The van der Waals surface area contributed by atoms with Gasteiger partial charge in [-0.05, 0) is 73.4 Å². The monoisotopic (exact) mass is 475 g/mol. The molecule has 0 aliphatic heterocycles. The Labute approximate surface area is 202 Å². The van der Waals surface area contributed by atoms with Crippen LogP contribution in [0.15, 0.2) is 70.1 Å². The van der Waals surface area contributed by atoms with Crippen molar-refractivity contribution in [3.8, 4) is 0 Å². The molecule has 0 aliphatic rings. The number of rotatable bonds is 6. The second-order valence-electron chi connectivity index (χ2n) is 8.07. The molecule has 8 heteroatoms. The van der Waals surface area contributed by atoms with Crippen LogP contribution >= 0.6 is 12.2 Å². The first-order chi connectivity index (χ1) is 16.4. The predicted octanol–water partition coefficient (Wildman–Crippen LogP) is 4.92. The highest BCUT2D eigenvalue weighted by atomic mass is 32.1. The molecule has 2 N–H and O–H groups in total. The molecule has 174 valence electrons. The molecular weight excluding hydrogens is 450 g/mol. The van der Waals surface area contributed by atoms with Gasteiger partial charge in [-0.15, -0.1) is 0 Å². The topological polar surface area (TPSA) is 87.6 Å². The van der Waals surface area contributed by atoms with E-state index in [4.69, 9.17) is 21.4 Å². The summed E-state index contributed by atoms with van der Waals surface area (Å²) in [6.45, 7) is 4.58. The lowest BCUT2D eigenvalue weighted by Gasteiger charge is -2.25. The van der Waals surface area contributed by atoms with E-state index in [0.29, 0.717) is 34.2 Å². The van der Waals surface area contributed by atoms with E-state index in [9.17, 15) is 9.59 Å². The third-order valence-corrected chi connectivity index (χ3v) is 5.88. The number of esters is 1. The first kappa shape index (κ1) is 23.3. The van der Waals surface area contributed by atoms with Crippen LogP contribution in [0.2, 0.25) is 0 Å². The van der Waals surface area contributed by atoms with Crippen LogP contribution in [-0.4, -0.2) is 28.1 Å². The summed E-state index contributed by atoms with van der Waals surface area (Å²) >= 11 is 5.70. The number of H-pyrrole nitrogens is 1. The van der Waals surface area contributed by atoms with Crippen molar-refractivity contribution in [1.82, 2.24) is 9.88 Å². The number of hydrogen-bond donors (Lipinski definition) is 2. The van der Waals surface area contributed by atoms with E-state index in [-0.39, 0.29) is 12.1 Å². The van der Waals surface area contributed by atoms with Crippen molar-refractivity contribution in [2.75, 3.05) is 12.4 Å². The molecule has 0 spiro atoms. The van der Waals surface area contributed by atoms with Crippen LogP contribution in [-0.2, 0) is 17.8 Å². The van der Waals surface area contributed by atoms with E-state index in [1.807, 2.05) is 43.0 Å². The molecule has 0 unspecified atom stereocenters. The van der Waals surface area contributed by atoms with Crippen molar-refractivity contribution >= 4 is 39.9 Å². The molecule has 0 amide bonds. The Morgan fingerprint density at radius 1 is 1.12 bits per heavy atom. The minimum Gasteiger partial charge on any atom is -0.467 e. The SMILES string of the molecule is COC(=O)c1ccccc1NC(=S)N(Cc1ccco1)Cc1cc2cc(C)cc(C)c2[nH]c1=O. The number of pyridine rings is 1. The van der Waals surface area contributed by atoms with Gasteiger partial charge in [-0.2, -0.15) is 0 Å².